The molecule has 3 heterocycles. The van der Waals surface area contributed by atoms with E-state index in [1.54, 1.807) is 6.26 Å². The van der Waals surface area contributed by atoms with E-state index in [0.29, 0.717) is 25.3 Å². The number of imide groups is 1. The van der Waals surface area contributed by atoms with Crippen LogP contribution in [0.25, 0.3) is 0 Å². The Balaban J connectivity index is 1.34. The second kappa shape index (κ2) is 8.79. The highest BCUT2D eigenvalue weighted by atomic mass is 16.3. The number of nitrogens with zero attached hydrogens (tertiary/aromatic N) is 2. The zero-order chi connectivity index (χ0) is 21.1. The third kappa shape index (κ3) is 4.10. The summed E-state index contributed by atoms with van der Waals surface area (Å²) in [6.45, 7) is 4.24. The van der Waals surface area contributed by atoms with Crippen molar-refractivity contribution >= 4 is 17.8 Å². The topological polar surface area (TPSA) is 94.9 Å². The average molecular weight is 417 g/mol. The number of carbonyl (C=O) groups is 3. The molecule has 1 aromatic heterocycles. The summed E-state index contributed by atoms with van der Waals surface area (Å²) >= 11 is 0. The highest BCUT2D eigenvalue weighted by Gasteiger charge is 2.52. The molecule has 2 saturated heterocycles. The number of hydrogen-bond donors (Lipinski definition) is 2. The highest BCUT2D eigenvalue weighted by Crippen LogP contribution is 2.37. The molecule has 8 nitrogen and oxygen atoms in total. The van der Waals surface area contributed by atoms with Crippen molar-refractivity contribution in [2.24, 2.45) is 5.92 Å². The van der Waals surface area contributed by atoms with E-state index in [0.717, 1.165) is 55.9 Å². The fourth-order valence-electron chi connectivity index (χ4n) is 5.09. The molecule has 8 heteroatoms. The molecule has 30 heavy (non-hydrogen) atoms. The second-order valence-corrected chi connectivity index (χ2v) is 8.83. The Morgan fingerprint density at radius 3 is 2.67 bits per heavy atom. The number of likely N-dealkylation sites (tertiary alicyclic amines) is 1. The largest absolute Gasteiger partial charge is 0.468 e. The van der Waals surface area contributed by atoms with E-state index in [2.05, 4.69) is 22.5 Å². The number of nitrogens with one attached hydrogen (secondary N) is 2. The maximum atomic E-state index is 13.0. The van der Waals surface area contributed by atoms with Gasteiger partial charge in [-0.25, -0.2) is 4.79 Å². The SMILES string of the molecule is CCC1CCC2(CC1)NC(=O)N(CC(=O)NCC(c1ccco1)N1CCCC1)C2=O. The van der Waals surface area contributed by atoms with E-state index in [1.165, 1.54) is 0 Å². The molecule has 3 fully saturated rings. The molecular formula is C22H32N4O4. The minimum atomic E-state index is -0.810. The number of furan rings is 1. The number of carbonyl (C=O) groups excluding carboxylic acids is 3. The third-order valence-corrected chi connectivity index (χ3v) is 7.03. The minimum Gasteiger partial charge on any atom is -0.468 e. The zero-order valence-corrected chi connectivity index (χ0v) is 17.7. The third-order valence-electron chi connectivity index (χ3n) is 7.03. The van der Waals surface area contributed by atoms with Gasteiger partial charge < -0.3 is 15.1 Å². The molecular weight excluding hydrogens is 384 g/mol. The molecule has 3 aliphatic rings. The molecule has 4 rings (SSSR count). The van der Waals surface area contributed by atoms with Crippen LogP contribution in [0.2, 0.25) is 0 Å². The van der Waals surface area contributed by atoms with Crippen molar-refractivity contribution in [3.63, 3.8) is 0 Å². The fourth-order valence-corrected chi connectivity index (χ4v) is 5.09. The Morgan fingerprint density at radius 2 is 2.03 bits per heavy atom. The Hall–Kier alpha value is -2.35. The molecule has 0 radical (unpaired) electrons. The van der Waals surface area contributed by atoms with Crippen LogP contribution in [0.5, 0.6) is 0 Å². The van der Waals surface area contributed by atoms with Crippen molar-refractivity contribution in [2.75, 3.05) is 26.2 Å². The van der Waals surface area contributed by atoms with Gasteiger partial charge >= 0.3 is 6.03 Å². The van der Waals surface area contributed by atoms with E-state index in [-0.39, 0.29) is 24.4 Å². The predicted molar refractivity (Wildman–Crippen MR) is 110 cm³/mol. The molecule has 0 bridgehead atoms. The van der Waals surface area contributed by atoms with Gasteiger partial charge in [-0.1, -0.05) is 13.3 Å². The van der Waals surface area contributed by atoms with E-state index in [4.69, 9.17) is 4.42 Å². The van der Waals surface area contributed by atoms with E-state index < -0.39 is 11.6 Å². The lowest BCUT2D eigenvalue weighted by atomic mass is 9.75. The maximum Gasteiger partial charge on any atom is 0.325 e. The monoisotopic (exact) mass is 416 g/mol. The molecule has 4 amide bonds. The first-order valence-corrected chi connectivity index (χ1v) is 11.2. The number of amides is 4. The lowest BCUT2D eigenvalue weighted by Crippen LogP contribution is -2.50. The van der Waals surface area contributed by atoms with Gasteiger partial charge in [0, 0.05) is 6.54 Å². The summed E-state index contributed by atoms with van der Waals surface area (Å²) in [5.41, 5.74) is -0.810. The number of urea groups is 1. The van der Waals surface area contributed by atoms with Crippen molar-refractivity contribution in [3.8, 4) is 0 Å². The van der Waals surface area contributed by atoms with E-state index in [9.17, 15) is 14.4 Å². The van der Waals surface area contributed by atoms with Crippen LogP contribution >= 0.6 is 0 Å². The summed E-state index contributed by atoms with van der Waals surface area (Å²) in [6, 6.07) is 3.28. The molecule has 1 saturated carbocycles. The van der Waals surface area contributed by atoms with Gasteiger partial charge in [-0.05, 0) is 69.7 Å². The first kappa shape index (κ1) is 20.9. The van der Waals surface area contributed by atoms with Gasteiger partial charge in [0.05, 0.1) is 12.3 Å². The highest BCUT2D eigenvalue weighted by molar-refractivity contribution is 6.09. The van der Waals surface area contributed by atoms with Crippen LogP contribution in [-0.4, -0.2) is 59.4 Å². The molecule has 1 unspecified atom stereocenters. The minimum absolute atomic E-state index is 0.0368. The Labute approximate surface area is 177 Å². The van der Waals surface area contributed by atoms with Crippen molar-refractivity contribution in [3.05, 3.63) is 24.2 Å². The van der Waals surface area contributed by atoms with Crippen LogP contribution in [0.4, 0.5) is 4.79 Å². The molecule has 2 aliphatic heterocycles. The Kier molecular flexibility index (Phi) is 6.13. The summed E-state index contributed by atoms with van der Waals surface area (Å²) in [5.74, 6) is 0.855. The molecule has 0 aromatic carbocycles. The van der Waals surface area contributed by atoms with Crippen molar-refractivity contribution in [1.29, 1.82) is 0 Å². The van der Waals surface area contributed by atoms with Gasteiger partial charge in [0.15, 0.2) is 0 Å². The molecule has 164 valence electrons. The van der Waals surface area contributed by atoms with Gasteiger partial charge in [-0.3, -0.25) is 19.4 Å². The number of hydrogen-bond acceptors (Lipinski definition) is 5. The molecule has 1 aliphatic carbocycles. The van der Waals surface area contributed by atoms with Gasteiger partial charge in [0.25, 0.3) is 5.91 Å². The smallest absolute Gasteiger partial charge is 0.325 e. The fraction of sp³-hybridized carbons (Fsp3) is 0.682. The van der Waals surface area contributed by atoms with Crippen LogP contribution in [0.15, 0.2) is 22.8 Å². The van der Waals surface area contributed by atoms with Crippen LogP contribution in [0, 0.1) is 5.92 Å². The van der Waals surface area contributed by atoms with Crippen molar-refractivity contribution in [2.45, 2.75) is 63.5 Å². The molecule has 1 atom stereocenters. The summed E-state index contributed by atoms with van der Waals surface area (Å²) in [6.07, 6.45) is 8.18. The first-order chi connectivity index (χ1) is 14.5. The van der Waals surface area contributed by atoms with E-state index >= 15 is 0 Å². The van der Waals surface area contributed by atoms with Crippen LogP contribution in [0.3, 0.4) is 0 Å². The lowest BCUT2D eigenvalue weighted by Gasteiger charge is -2.34. The van der Waals surface area contributed by atoms with Crippen molar-refractivity contribution < 1.29 is 18.8 Å². The maximum absolute atomic E-state index is 13.0. The predicted octanol–water partition coefficient (Wildman–Crippen LogP) is 2.42. The summed E-state index contributed by atoms with van der Waals surface area (Å²) in [5, 5.41) is 5.79. The van der Waals surface area contributed by atoms with Crippen molar-refractivity contribution in [1.82, 2.24) is 20.4 Å². The zero-order valence-electron chi connectivity index (χ0n) is 17.7. The molecule has 1 aromatic rings. The first-order valence-electron chi connectivity index (χ1n) is 11.2. The lowest BCUT2D eigenvalue weighted by molar-refractivity contribution is -0.136. The summed E-state index contributed by atoms with van der Waals surface area (Å²) in [4.78, 5) is 41.5. The van der Waals surface area contributed by atoms with E-state index in [1.807, 2.05) is 12.1 Å². The second-order valence-electron chi connectivity index (χ2n) is 8.83. The normalized spacial score (nSPS) is 28.2. The quantitative estimate of drug-likeness (QED) is 0.666. The molecule has 1 spiro atoms. The number of rotatable bonds is 7. The van der Waals surface area contributed by atoms with Gasteiger partial charge in [0.1, 0.15) is 17.8 Å². The Bertz CT molecular complexity index is 764. The Morgan fingerprint density at radius 1 is 1.30 bits per heavy atom. The standard InChI is InChI=1S/C22H32N4O4/c1-2-16-7-9-22(10-8-16)20(28)26(21(29)24-22)15-19(27)23-14-17(18-6-5-13-30-18)25-11-3-4-12-25/h5-6,13,16-17H,2-4,7-12,14-15H2,1H3,(H,23,27)(H,24,29). The van der Waals surface area contributed by atoms with Gasteiger partial charge in [-0.15, -0.1) is 0 Å². The van der Waals surface area contributed by atoms with Gasteiger partial charge in [0.2, 0.25) is 5.91 Å². The van der Waals surface area contributed by atoms with Crippen LogP contribution < -0.4 is 10.6 Å². The molecule has 2 N–H and O–H groups in total. The van der Waals surface area contributed by atoms with Crippen LogP contribution in [-0.2, 0) is 9.59 Å². The average Bonchev–Trinajstić information content (AvgIpc) is 3.50. The summed E-state index contributed by atoms with van der Waals surface area (Å²) < 4.78 is 5.58. The summed E-state index contributed by atoms with van der Waals surface area (Å²) in [7, 11) is 0. The van der Waals surface area contributed by atoms with Crippen LogP contribution in [0.1, 0.15) is 63.7 Å². The van der Waals surface area contributed by atoms with Gasteiger partial charge in [-0.2, -0.15) is 0 Å².